The summed E-state index contributed by atoms with van der Waals surface area (Å²) in [5, 5.41) is 8.81. The number of rotatable bonds is 6. The summed E-state index contributed by atoms with van der Waals surface area (Å²) < 4.78 is 1.37. The molecule has 7 N–H and O–H groups in total. The van der Waals surface area contributed by atoms with Crippen molar-refractivity contribution in [3.05, 3.63) is 80.7 Å². The predicted octanol–water partition coefficient (Wildman–Crippen LogP) is 5.19. The Morgan fingerprint density at radius 2 is 1.64 bits per heavy atom. The number of halogens is 2. The Morgan fingerprint density at radius 3 is 2.36 bits per heavy atom. The van der Waals surface area contributed by atoms with Crippen LogP contribution in [0.1, 0.15) is 24.0 Å². The van der Waals surface area contributed by atoms with Gasteiger partial charge in [0, 0.05) is 46.7 Å². The Bertz CT molecular complexity index is 1470. The summed E-state index contributed by atoms with van der Waals surface area (Å²) in [5.74, 6) is -0.388. The molecule has 5 rings (SSSR count). The third-order valence-electron chi connectivity index (χ3n) is 7.75. The molecule has 5 amide bonds. The lowest BCUT2D eigenvalue weighted by molar-refractivity contribution is -0.118. The fraction of sp³-hybridized carbons (Fsp3) is 0.300. The molecule has 42 heavy (non-hydrogen) atoms. The van der Waals surface area contributed by atoms with Crippen LogP contribution in [-0.4, -0.2) is 59.5 Å². The minimum atomic E-state index is -0.882. The van der Waals surface area contributed by atoms with Crippen LogP contribution in [-0.2, 0) is 17.6 Å². The monoisotopic (exact) mass is 697 g/mol. The van der Waals surface area contributed by atoms with E-state index in [-0.39, 0.29) is 30.4 Å². The van der Waals surface area contributed by atoms with Crippen LogP contribution in [0.25, 0.3) is 0 Å². The fourth-order valence-electron chi connectivity index (χ4n) is 5.39. The molecule has 2 aliphatic heterocycles. The maximum absolute atomic E-state index is 13.4. The number of carbonyl (C=O) groups is 3. The van der Waals surface area contributed by atoms with E-state index in [1.165, 1.54) is 0 Å². The normalized spacial score (nSPS) is 16.2. The Balaban J connectivity index is 1.25. The second-order valence-corrected chi connectivity index (χ2v) is 12.2. The molecule has 1 fully saturated rings. The molecule has 3 aromatic carbocycles. The Labute approximate surface area is 261 Å². The molecule has 0 aromatic heterocycles. The van der Waals surface area contributed by atoms with Gasteiger partial charge in [-0.05, 0) is 92.6 Å². The molecule has 1 saturated heterocycles. The van der Waals surface area contributed by atoms with Crippen molar-refractivity contribution in [2.45, 2.75) is 37.8 Å². The maximum atomic E-state index is 13.4. The van der Waals surface area contributed by atoms with Gasteiger partial charge in [-0.15, -0.1) is 0 Å². The number of nitrogens with one attached hydrogen (secondary N) is 3. The van der Waals surface area contributed by atoms with Gasteiger partial charge in [0.1, 0.15) is 6.04 Å². The topological polar surface area (TPSA) is 146 Å². The average Bonchev–Trinajstić information content (AvgIpc) is 3.14. The molecular weight excluding hydrogens is 666 g/mol. The Kier molecular flexibility index (Phi) is 9.22. The van der Waals surface area contributed by atoms with Gasteiger partial charge in [0.25, 0.3) is 0 Å². The number of piperidine rings is 1. The van der Waals surface area contributed by atoms with Gasteiger partial charge in [0.15, 0.2) is 0 Å². The predicted molar refractivity (Wildman–Crippen MR) is 172 cm³/mol. The highest BCUT2D eigenvalue weighted by molar-refractivity contribution is 9.11. The van der Waals surface area contributed by atoms with Crippen molar-refractivity contribution in [2.75, 3.05) is 41.7 Å². The van der Waals surface area contributed by atoms with E-state index in [9.17, 15) is 14.4 Å². The highest BCUT2D eigenvalue weighted by atomic mass is 79.9. The summed E-state index contributed by atoms with van der Waals surface area (Å²) in [6.45, 7) is 1.55. The van der Waals surface area contributed by atoms with Crippen LogP contribution >= 0.6 is 31.9 Å². The van der Waals surface area contributed by atoms with E-state index in [0.717, 1.165) is 23.2 Å². The van der Waals surface area contributed by atoms with Gasteiger partial charge < -0.3 is 37.2 Å². The molecular formula is C30H33Br2N7O3. The van der Waals surface area contributed by atoms with E-state index in [2.05, 4.69) is 47.8 Å². The van der Waals surface area contributed by atoms with Crippen LogP contribution in [0.15, 0.2) is 69.6 Å². The maximum Gasteiger partial charge on any atom is 0.322 e. The molecule has 0 unspecified atom stereocenters. The van der Waals surface area contributed by atoms with E-state index < -0.39 is 6.04 Å². The molecule has 0 radical (unpaired) electrons. The highest BCUT2D eigenvalue weighted by Gasteiger charge is 2.32. The van der Waals surface area contributed by atoms with Crippen LogP contribution in [0.5, 0.6) is 0 Å². The summed E-state index contributed by atoms with van der Waals surface area (Å²) >= 11 is 6.91. The van der Waals surface area contributed by atoms with Crippen molar-refractivity contribution >= 4 is 72.6 Å². The molecule has 220 valence electrons. The summed E-state index contributed by atoms with van der Waals surface area (Å²) in [5.41, 5.74) is 16.3. The molecule has 3 aromatic rings. The van der Waals surface area contributed by atoms with Gasteiger partial charge in [-0.2, -0.15) is 0 Å². The number of likely N-dealkylation sites (tertiary alicyclic amines) is 1. The van der Waals surface area contributed by atoms with Crippen molar-refractivity contribution in [3.8, 4) is 0 Å². The van der Waals surface area contributed by atoms with Crippen LogP contribution in [0.2, 0.25) is 0 Å². The number of hydrogen-bond donors (Lipinski definition) is 5. The molecule has 2 aliphatic rings. The summed E-state index contributed by atoms with van der Waals surface area (Å²) in [7, 11) is 0. The standard InChI is InChI=1S/C30H33Br2N7O3/c31-21-15-18(16-22(32)27(21)34)17-26(28(40)35-25-8-4-2-6-23(25)33)37-29(41)38-12-10-20(11-13-38)39-14-9-19-5-1-3-7-24(19)36-30(39)42/h1-8,15-16,20,26H,9-14,17,33-34H2,(H,35,40)(H,36,42)(H,37,41)/t26-/m1/s1. The van der Waals surface area contributed by atoms with Gasteiger partial charge >= 0.3 is 12.1 Å². The Morgan fingerprint density at radius 1 is 0.976 bits per heavy atom. The zero-order valence-corrected chi connectivity index (χ0v) is 26.1. The van der Waals surface area contributed by atoms with Crippen molar-refractivity contribution in [1.82, 2.24) is 15.1 Å². The first kappa shape index (κ1) is 29.7. The van der Waals surface area contributed by atoms with Crippen molar-refractivity contribution < 1.29 is 14.4 Å². The number of amides is 5. The van der Waals surface area contributed by atoms with Crippen molar-refractivity contribution in [1.29, 1.82) is 0 Å². The van der Waals surface area contributed by atoms with Crippen LogP contribution in [0, 0.1) is 0 Å². The number of anilines is 4. The number of nitrogens with zero attached hydrogens (tertiary/aromatic N) is 2. The molecule has 12 heteroatoms. The minimum absolute atomic E-state index is 0.0213. The van der Waals surface area contributed by atoms with E-state index in [0.29, 0.717) is 58.5 Å². The van der Waals surface area contributed by atoms with Crippen molar-refractivity contribution in [3.63, 3.8) is 0 Å². The number of nitrogen functional groups attached to an aromatic ring is 2. The Hall–Kier alpha value is -3.77. The SMILES string of the molecule is Nc1ccccc1NC(=O)[C@@H](Cc1cc(Br)c(N)c(Br)c1)NC(=O)N1CCC(N2CCc3ccccc3NC2=O)CC1. The van der Waals surface area contributed by atoms with Crippen LogP contribution in [0.4, 0.5) is 32.3 Å². The van der Waals surface area contributed by atoms with E-state index >= 15 is 0 Å². The van der Waals surface area contributed by atoms with Gasteiger partial charge in [-0.3, -0.25) is 4.79 Å². The molecule has 10 nitrogen and oxygen atoms in total. The molecule has 0 bridgehead atoms. The first-order chi connectivity index (χ1) is 20.2. The zero-order valence-electron chi connectivity index (χ0n) is 22.9. The van der Waals surface area contributed by atoms with Crippen molar-refractivity contribution in [2.24, 2.45) is 0 Å². The van der Waals surface area contributed by atoms with Gasteiger partial charge in [-0.1, -0.05) is 30.3 Å². The van der Waals surface area contributed by atoms with E-state index in [4.69, 9.17) is 11.5 Å². The minimum Gasteiger partial charge on any atom is -0.397 e. The lowest BCUT2D eigenvalue weighted by atomic mass is 10.0. The largest absolute Gasteiger partial charge is 0.397 e. The second-order valence-electron chi connectivity index (χ2n) is 10.5. The number of benzene rings is 3. The highest BCUT2D eigenvalue weighted by Crippen LogP contribution is 2.30. The molecule has 1 atom stereocenters. The lowest BCUT2D eigenvalue weighted by Crippen LogP contribution is -2.55. The number of carbonyl (C=O) groups excluding carboxylic acids is 3. The summed E-state index contributed by atoms with van der Waals surface area (Å²) in [6, 6.07) is 17.2. The molecule has 0 saturated carbocycles. The zero-order chi connectivity index (χ0) is 29.8. The lowest BCUT2D eigenvalue weighted by Gasteiger charge is -2.38. The number of fused-ring (bicyclic) bond motifs is 1. The summed E-state index contributed by atoms with van der Waals surface area (Å²) in [4.78, 5) is 43.5. The van der Waals surface area contributed by atoms with E-state index in [1.54, 1.807) is 29.2 Å². The quantitative estimate of drug-likeness (QED) is 0.225. The van der Waals surface area contributed by atoms with Gasteiger partial charge in [0.05, 0.1) is 17.1 Å². The third-order valence-corrected chi connectivity index (χ3v) is 9.06. The third kappa shape index (κ3) is 6.81. The fourth-order valence-corrected chi connectivity index (χ4v) is 6.67. The van der Waals surface area contributed by atoms with E-state index in [1.807, 2.05) is 41.3 Å². The smallest absolute Gasteiger partial charge is 0.322 e. The number of urea groups is 2. The van der Waals surface area contributed by atoms with Crippen LogP contribution in [0.3, 0.4) is 0 Å². The average molecular weight is 699 g/mol. The van der Waals surface area contributed by atoms with Crippen LogP contribution < -0.4 is 27.4 Å². The van der Waals surface area contributed by atoms with Gasteiger partial charge in [-0.25, -0.2) is 9.59 Å². The first-order valence-electron chi connectivity index (χ1n) is 13.8. The van der Waals surface area contributed by atoms with Gasteiger partial charge in [0.2, 0.25) is 5.91 Å². The molecule has 2 heterocycles. The molecule has 0 aliphatic carbocycles. The summed E-state index contributed by atoms with van der Waals surface area (Å²) in [6.07, 6.45) is 2.29. The number of para-hydroxylation sites is 3. The number of nitrogens with two attached hydrogens (primary N) is 2. The number of hydrogen-bond acceptors (Lipinski definition) is 5. The first-order valence-corrected chi connectivity index (χ1v) is 15.4. The second kappa shape index (κ2) is 13.0. The molecule has 0 spiro atoms.